The molecule has 1 aromatic carbocycles. The summed E-state index contributed by atoms with van der Waals surface area (Å²) in [5.41, 5.74) is 2.89. The van der Waals surface area contributed by atoms with Crippen LogP contribution in [0.4, 0.5) is 0 Å². The number of imidazole rings is 1. The van der Waals surface area contributed by atoms with E-state index in [-0.39, 0.29) is 23.9 Å². The van der Waals surface area contributed by atoms with E-state index in [1.54, 1.807) is 11.6 Å². The Morgan fingerprint density at radius 3 is 2.93 bits per heavy atom. The first-order valence-corrected chi connectivity index (χ1v) is 9.59. The van der Waals surface area contributed by atoms with Gasteiger partial charge in [0.2, 0.25) is 5.89 Å². The third-order valence-electron chi connectivity index (χ3n) is 5.35. The quantitative estimate of drug-likeness (QED) is 0.505. The predicted molar refractivity (Wildman–Crippen MR) is 105 cm³/mol. The molecule has 9 nitrogen and oxygen atoms in total. The monoisotopic (exact) mass is 412 g/mol. The van der Waals surface area contributed by atoms with Crippen molar-refractivity contribution in [1.82, 2.24) is 28.9 Å². The summed E-state index contributed by atoms with van der Waals surface area (Å²) in [5.74, 6) is -0.201. The molecule has 3 aromatic heterocycles. The zero-order valence-electron chi connectivity index (χ0n) is 15.6. The molecule has 0 radical (unpaired) electrons. The summed E-state index contributed by atoms with van der Waals surface area (Å²) in [7, 11) is 1.73. The molecule has 148 valence electrons. The van der Waals surface area contributed by atoms with E-state index in [0.717, 1.165) is 17.9 Å². The topological polar surface area (TPSA) is 101 Å². The van der Waals surface area contributed by atoms with Crippen LogP contribution in [0.5, 0.6) is 0 Å². The van der Waals surface area contributed by atoms with Crippen molar-refractivity contribution in [2.75, 3.05) is 0 Å². The molecule has 0 unspecified atom stereocenters. The Kier molecular flexibility index (Phi) is 4.13. The molecule has 3 heterocycles. The third-order valence-corrected chi connectivity index (χ3v) is 5.59. The van der Waals surface area contributed by atoms with Crippen molar-refractivity contribution in [2.24, 2.45) is 7.05 Å². The zero-order chi connectivity index (χ0) is 20.1. The minimum Gasteiger partial charge on any atom is -0.390 e. The molecule has 0 aliphatic heterocycles. The van der Waals surface area contributed by atoms with Gasteiger partial charge in [0, 0.05) is 18.0 Å². The van der Waals surface area contributed by atoms with Gasteiger partial charge < -0.3 is 8.98 Å². The number of rotatable bonds is 4. The van der Waals surface area contributed by atoms with Gasteiger partial charge in [-0.2, -0.15) is 4.68 Å². The first-order chi connectivity index (χ1) is 14.0. The zero-order valence-corrected chi connectivity index (χ0v) is 16.3. The molecule has 0 N–H and O–H groups in total. The standard InChI is InChI=1S/C19H17ClN6O3/c1-24-9-21-17-16(24)18(27)25(10-22-17)8-15-23-26(19(28)29-15)7-12-3-2-11-6-13(20)4-5-14(11)12/h4-6,9-10,12H,2-3,7-8H2,1H3/t12-/m0/s1. The average molecular weight is 413 g/mol. The lowest BCUT2D eigenvalue weighted by molar-refractivity contribution is 0.424. The van der Waals surface area contributed by atoms with Crippen molar-refractivity contribution in [3.8, 4) is 0 Å². The van der Waals surface area contributed by atoms with Gasteiger partial charge in [-0.3, -0.25) is 9.36 Å². The van der Waals surface area contributed by atoms with E-state index in [2.05, 4.69) is 15.1 Å². The highest BCUT2D eigenvalue weighted by Crippen LogP contribution is 2.35. The molecule has 0 spiro atoms. The van der Waals surface area contributed by atoms with Gasteiger partial charge in [0.25, 0.3) is 5.56 Å². The number of halogens is 1. The third kappa shape index (κ3) is 3.07. The van der Waals surface area contributed by atoms with E-state index >= 15 is 0 Å². The maximum Gasteiger partial charge on any atom is 0.437 e. The Morgan fingerprint density at radius 1 is 1.24 bits per heavy atom. The van der Waals surface area contributed by atoms with E-state index in [1.807, 2.05) is 18.2 Å². The second kappa shape index (κ2) is 6.70. The Morgan fingerprint density at radius 2 is 2.07 bits per heavy atom. The molecule has 0 amide bonds. The summed E-state index contributed by atoms with van der Waals surface area (Å²) in [6.45, 7) is 0.441. The minimum absolute atomic E-state index is 0.0199. The minimum atomic E-state index is -0.537. The van der Waals surface area contributed by atoms with Crippen LogP contribution in [-0.2, 0) is 26.6 Å². The molecule has 10 heteroatoms. The van der Waals surface area contributed by atoms with Crippen LogP contribution < -0.4 is 11.3 Å². The highest BCUT2D eigenvalue weighted by molar-refractivity contribution is 6.30. The van der Waals surface area contributed by atoms with Gasteiger partial charge in [0.1, 0.15) is 12.9 Å². The van der Waals surface area contributed by atoms with Crippen molar-refractivity contribution in [3.63, 3.8) is 0 Å². The first-order valence-electron chi connectivity index (χ1n) is 9.21. The number of benzene rings is 1. The Hall–Kier alpha value is -3.20. The largest absolute Gasteiger partial charge is 0.437 e. The second-order valence-electron chi connectivity index (χ2n) is 7.23. The fourth-order valence-electron chi connectivity index (χ4n) is 3.93. The number of fused-ring (bicyclic) bond motifs is 2. The number of aromatic nitrogens is 6. The first kappa shape index (κ1) is 17.9. The highest BCUT2D eigenvalue weighted by atomic mass is 35.5. The summed E-state index contributed by atoms with van der Waals surface area (Å²) in [6, 6.07) is 5.85. The fraction of sp³-hybridized carbons (Fsp3) is 0.316. The number of hydrogen-bond acceptors (Lipinski definition) is 6. The summed E-state index contributed by atoms with van der Waals surface area (Å²) in [6.07, 6.45) is 4.76. The highest BCUT2D eigenvalue weighted by Gasteiger charge is 2.25. The Balaban J connectivity index is 1.41. The van der Waals surface area contributed by atoms with Crippen LogP contribution in [0.25, 0.3) is 11.2 Å². The molecule has 1 aliphatic rings. The molecule has 0 fully saturated rings. The second-order valence-corrected chi connectivity index (χ2v) is 7.66. The van der Waals surface area contributed by atoms with Gasteiger partial charge in [-0.25, -0.2) is 14.8 Å². The fourth-order valence-corrected chi connectivity index (χ4v) is 4.13. The number of nitrogens with zero attached hydrogens (tertiary/aromatic N) is 6. The predicted octanol–water partition coefficient (Wildman–Crippen LogP) is 1.71. The van der Waals surface area contributed by atoms with Gasteiger partial charge in [0.05, 0.1) is 12.9 Å². The molecule has 29 heavy (non-hydrogen) atoms. The lowest BCUT2D eigenvalue weighted by Crippen LogP contribution is -2.23. The van der Waals surface area contributed by atoms with Gasteiger partial charge >= 0.3 is 5.76 Å². The molecule has 1 atom stereocenters. The van der Waals surface area contributed by atoms with Crippen molar-refractivity contribution in [3.05, 3.63) is 73.8 Å². The average Bonchev–Trinajstić information content (AvgIpc) is 3.36. The molecule has 0 saturated heterocycles. The van der Waals surface area contributed by atoms with Gasteiger partial charge in [-0.05, 0) is 36.1 Å². The van der Waals surface area contributed by atoms with E-state index in [0.29, 0.717) is 17.7 Å². The van der Waals surface area contributed by atoms with E-state index in [1.165, 1.54) is 33.0 Å². The van der Waals surface area contributed by atoms with Crippen LogP contribution in [0.1, 0.15) is 29.4 Å². The van der Waals surface area contributed by atoms with Crippen LogP contribution in [0.2, 0.25) is 5.02 Å². The van der Waals surface area contributed by atoms with Crippen LogP contribution in [0, 0.1) is 0 Å². The summed E-state index contributed by atoms with van der Waals surface area (Å²) < 4.78 is 9.57. The molecule has 1 aliphatic carbocycles. The molecule has 4 aromatic rings. The normalized spacial score (nSPS) is 15.9. The number of hydrogen-bond donors (Lipinski definition) is 0. The van der Waals surface area contributed by atoms with Crippen LogP contribution in [-0.4, -0.2) is 28.9 Å². The number of aryl methyl sites for hydroxylation is 2. The van der Waals surface area contributed by atoms with Crippen molar-refractivity contribution in [2.45, 2.75) is 31.8 Å². The van der Waals surface area contributed by atoms with Gasteiger partial charge in [-0.1, -0.05) is 17.7 Å². The van der Waals surface area contributed by atoms with Crippen molar-refractivity contribution >= 4 is 22.8 Å². The molecular weight excluding hydrogens is 396 g/mol. The van der Waals surface area contributed by atoms with Crippen LogP contribution >= 0.6 is 11.6 Å². The Labute approximate surface area is 169 Å². The maximum atomic E-state index is 12.6. The molecular formula is C19H17ClN6O3. The van der Waals surface area contributed by atoms with Crippen LogP contribution in [0.15, 0.2) is 44.9 Å². The van der Waals surface area contributed by atoms with Crippen LogP contribution in [0.3, 0.4) is 0 Å². The van der Waals surface area contributed by atoms with E-state index in [9.17, 15) is 9.59 Å². The lowest BCUT2D eigenvalue weighted by Gasteiger charge is -2.10. The summed E-state index contributed by atoms with van der Waals surface area (Å²) in [5, 5.41) is 5.01. The van der Waals surface area contributed by atoms with Crippen molar-refractivity contribution < 1.29 is 4.42 Å². The van der Waals surface area contributed by atoms with Gasteiger partial charge in [0.15, 0.2) is 11.2 Å². The maximum absolute atomic E-state index is 12.6. The van der Waals surface area contributed by atoms with Gasteiger partial charge in [-0.15, -0.1) is 5.10 Å². The Bertz CT molecular complexity index is 1350. The van der Waals surface area contributed by atoms with Crippen molar-refractivity contribution in [1.29, 1.82) is 0 Å². The lowest BCUT2D eigenvalue weighted by atomic mass is 10.0. The van der Waals surface area contributed by atoms with E-state index < -0.39 is 5.76 Å². The SMILES string of the molecule is Cn1cnc2ncn(Cc3nn(C[C@@H]4CCc5cc(Cl)ccc54)c(=O)o3)c(=O)c21. The molecule has 0 saturated carbocycles. The van der Waals surface area contributed by atoms with E-state index in [4.69, 9.17) is 16.0 Å². The smallest absolute Gasteiger partial charge is 0.390 e. The summed E-state index contributed by atoms with van der Waals surface area (Å²) >= 11 is 6.07. The molecule has 0 bridgehead atoms. The summed E-state index contributed by atoms with van der Waals surface area (Å²) in [4.78, 5) is 33.2. The molecule has 5 rings (SSSR count).